The van der Waals surface area contributed by atoms with Gasteiger partial charge in [-0.1, -0.05) is 18.7 Å². The molecule has 0 aliphatic rings. The number of carbonyl (C=O) groups excluding carboxylic acids is 1. The van der Waals surface area contributed by atoms with E-state index in [2.05, 4.69) is 0 Å². The average molecular weight is 176 g/mol. The predicted octanol–water partition coefficient (Wildman–Crippen LogP) is 1.38. The van der Waals surface area contributed by atoms with Gasteiger partial charge in [0.25, 0.3) is 0 Å². The van der Waals surface area contributed by atoms with Crippen LogP contribution in [0.2, 0.25) is 0 Å². The molecule has 0 aliphatic heterocycles. The quantitative estimate of drug-likeness (QED) is 0.660. The van der Waals surface area contributed by atoms with Gasteiger partial charge in [-0.15, -0.1) is 0 Å². The van der Waals surface area contributed by atoms with Crippen molar-refractivity contribution in [1.82, 2.24) is 0 Å². The van der Waals surface area contributed by atoms with Crippen molar-refractivity contribution in [2.75, 3.05) is 5.75 Å². The van der Waals surface area contributed by atoms with Gasteiger partial charge in [0.15, 0.2) is 0 Å². The smallest absolute Gasteiger partial charge is 0.317 e. The van der Waals surface area contributed by atoms with Crippen LogP contribution in [0.25, 0.3) is 0 Å². The Morgan fingerprint density at radius 1 is 1.45 bits per heavy atom. The largest absolute Gasteiger partial charge is 0.480 e. The fraction of sp³-hybridized carbons (Fsp3) is 0.714. The number of thioether (sulfide) groups is 1. The molecule has 0 aromatic carbocycles. The molecule has 3 nitrogen and oxygen atoms in total. The van der Waals surface area contributed by atoms with Crippen molar-refractivity contribution >= 4 is 22.8 Å². The van der Waals surface area contributed by atoms with Crippen molar-refractivity contribution in [2.45, 2.75) is 20.8 Å². The molecule has 0 saturated carbocycles. The molecule has 0 unspecified atom stereocenters. The van der Waals surface area contributed by atoms with E-state index in [1.165, 1.54) is 13.8 Å². The lowest BCUT2D eigenvalue weighted by Gasteiger charge is -2.15. The minimum Gasteiger partial charge on any atom is -0.480 e. The molecular weight excluding hydrogens is 164 g/mol. The molecule has 0 fully saturated rings. The van der Waals surface area contributed by atoms with E-state index in [0.29, 0.717) is 5.75 Å². The van der Waals surface area contributed by atoms with E-state index >= 15 is 0 Å². The Morgan fingerprint density at radius 3 is 2.18 bits per heavy atom. The molecule has 1 N–H and O–H groups in total. The van der Waals surface area contributed by atoms with Crippen LogP contribution in [0.5, 0.6) is 0 Å². The Labute approximate surface area is 70.2 Å². The van der Waals surface area contributed by atoms with Gasteiger partial charge in [-0.25, -0.2) is 0 Å². The minimum atomic E-state index is -1.25. The molecule has 0 aromatic heterocycles. The zero-order chi connectivity index (χ0) is 9.07. The van der Waals surface area contributed by atoms with Gasteiger partial charge < -0.3 is 5.11 Å². The summed E-state index contributed by atoms with van der Waals surface area (Å²) in [7, 11) is 0. The molecular formula is C7H12O3S. The molecule has 64 valence electrons. The van der Waals surface area contributed by atoms with Crippen molar-refractivity contribution in [1.29, 1.82) is 0 Å². The van der Waals surface area contributed by atoms with Gasteiger partial charge in [-0.05, 0) is 19.6 Å². The van der Waals surface area contributed by atoms with Crippen LogP contribution in [0.4, 0.5) is 0 Å². The van der Waals surface area contributed by atoms with Crippen molar-refractivity contribution in [3.05, 3.63) is 0 Å². The molecule has 0 radical (unpaired) electrons. The van der Waals surface area contributed by atoms with E-state index in [0.717, 1.165) is 11.8 Å². The molecule has 0 amide bonds. The highest BCUT2D eigenvalue weighted by Gasteiger charge is 2.35. The van der Waals surface area contributed by atoms with Crippen molar-refractivity contribution < 1.29 is 14.7 Å². The predicted molar refractivity (Wildman–Crippen MR) is 44.6 cm³/mol. The van der Waals surface area contributed by atoms with Gasteiger partial charge in [0.2, 0.25) is 5.12 Å². The van der Waals surface area contributed by atoms with Crippen molar-refractivity contribution in [2.24, 2.45) is 5.41 Å². The summed E-state index contributed by atoms with van der Waals surface area (Å²) in [6.07, 6.45) is 0. The first-order chi connectivity index (χ1) is 4.92. The van der Waals surface area contributed by atoms with Crippen LogP contribution >= 0.6 is 11.8 Å². The average Bonchev–Trinajstić information content (AvgIpc) is 1.88. The van der Waals surface area contributed by atoms with Gasteiger partial charge in [-0.3, -0.25) is 9.59 Å². The van der Waals surface area contributed by atoms with Crippen molar-refractivity contribution in [3.8, 4) is 0 Å². The summed E-state index contributed by atoms with van der Waals surface area (Å²) in [5, 5.41) is 8.32. The maximum Gasteiger partial charge on any atom is 0.317 e. The summed E-state index contributed by atoms with van der Waals surface area (Å²) in [4.78, 5) is 21.6. The number of hydrogen-bond acceptors (Lipinski definition) is 3. The van der Waals surface area contributed by atoms with Gasteiger partial charge in [0, 0.05) is 0 Å². The van der Waals surface area contributed by atoms with Gasteiger partial charge in [0.1, 0.15) is 5.41 Å². The van der Waals surface area contributed by atoms with E-state index in [9.17, 15) is 9.59 Å². The monoisotopic (exact) mass is 176 g/mol. The van der Waals surface area contributed by atoms with Crippen LogP contribution in [-0.2, 0) is 9.59 Å². The van der Waals surface area contributed by atoms with E-state index in [-0.39, 0.29) is 5.12 Å². The zero-order valence-electron chi connectivity index (χ0n) is 6.88. The molecule has 0 heterocycles. The Hall–Kier alpha value is -0.510. The lowest BCUT2D eigenvalue weighted by Crippen LogP contribution is -2.31. The summed E-state index contributed by atoms with van der Waals surface area (Å²) in [6.45, 7) is 4.65. The summed E-state index contributed by atoms with van der Waals surface area (Å²) >= 11 is 1.05. The Balaban J connectivity index is 4.30. The second kappa shape index (κ2) is 3.76. The standard InChI is InChI=1S/C7H12O3S/c1-4-11-6(10)7(2,3)5(8)9/h4H2,1-3H3,(H,8,9). The maximum atomic E-state index is 11.1. The number of carbonyl (C=O) groups is 2. The first-order valence-electron chi connectivity index (χ1n) is 3.33. The van der Waals surface area contributed by atoms with Crippen LogP contribution < -0.4 is 0 Å². The molecule has 0 saturated heterocycles. The summed E-state index contributed by atoms with van der Waals surface area (Å²) in [5.74, 6) is -0.446. The van der Waals surface area contributed by atoms with E-state index in [1.807, 2.05) is 6.92 Å². The topological polar surface area (TPSA) is 54.4 Å². The number of carboxylic acid groups (broad SMARTS) is 1. The highest BCUT2D eigenvalue weighted by Crippen LogP contribution is 2.23. The highest BCUT2D eigenvalue weighted by atomic mass is 32.2. The number of carboxylic acids is 1. The van der Waals surface area contributed by atoms with Crippen LogP contribution in [0, 0.1) is 5.41 Å². The van der Waals surface area contributed by atoms with Crippen LogP contribution in [-0.4, -0.2) is 21.9 Å². The van der Waals surface area contributed by atoms with Crippen LogP contribution in [0.3, 0.4) is 0 Å². The second-order valence-electron chi connectivity index (χ2n) is 2.65. The third-order valence-electron chi connectivity index (χ3n) is 1.32. The van der Waals surface area contributed by atoms with E-state index < -0.39 is 11.4 Å². The SMILES string of the molecule is CCSC(=O)C(C)(C)C(=O)O. The van der Waals surface area contributed by atoms with Crippen LogP contribution in [0.15, 0.2) is 0 Å². The summed E-state index contributed by atoms with van der Waals surface area (Å²) < 4.78 is 0. The first-order valence-corrected chi connectivity index (χ1v) is 4.32. The first kappa shape index (κ1) is 10.5. The lowest BCUT2D eigenvalue weighted by molar-refractivity contribution is -0.149. The molecule has 0 aromatic rings. The maximum absolute atomic E-state index is 11.1. The number of aliphatic carboxylic acids is 1. The normalized spacial score (nSPS) is 11.2. The molecule has 11 heavy (non-hydrogen) atoms. The second-order valence-corrected chi connectivity index (χ2v) is 3.89. The van der Waals surface area contributed by atoms with E-state index in [1.54, 1.807) is 0 Å². The molecule has 0 atom stereocenters. The lowest BCUT2D eigenvalue weighted by atomic mass is 9.96. The molecule has 0 rings (SSSR count). The molecule has 4 heteroatoms. The Bertz CT molecular complexity index is 175. The van der Waals surface area contributed by atoms with Gasteiger partial charge in [-0.2, -0.15) is 0 Å². The Kier molecular flexibility index (Phi) is 3.58. The fourth-order valence-corrected chi connectivity index (χ4v) is 1.11. The summed E-state index contributed by atoms with van der Waals surface area (Å²) in [5.41, 5.74) is -1.25. The van der Waals surface area contributed by atoms with Crippen molar-refractivity contribution in [3.63, 3.8) is 0 Å². The number of hydrogen-bond donors (Lipinski definition) is 1. The third-order valence-corrected chi connectivity index (χ3v) is 2.38. The minimum absolute atomic E-state index is 0.285. The zero-order valence-corrected chi connectivity index (χ0v) is 7.70. The van der Waals surface area contributed by atoms with Gasteiger partial charge >= 0.3 is 5.97 Å². The molecule has 0 aliphatic carbocycles. The Morgan fingerprint density at radius 2 is 1.91 bits per heavy atom. The summed E-state index contributed by atoms with van der Waals surface area (Å²) in [6, 6.07) is 0. The highest BCUT2D eigenvalue weighted by molar-refractivity contribution is 8.13. The van der Waals surface area contributed by atoms with E-state index in [4.69, 9.17) is 5.11 Å². The number of rotatable bonds is 3. The van der Waals surface area contributed by atoms with Gasteiger partial charge in [0.05, 0.1) is 0 Å². The molecule has 0 spiro atoms. The molecule has 0 bridgehead atoms. The fourth-order valence-electron chi connectivity index (χ4n) is 0.399. The van der Waals surface area contributed by atoms with Crippen LogP contribution in [0.1, 0.15) is 20.8 Å². The third kappa shape index (κ3) is 2.54.